The monoisotopic (exact) mass is 840 g/mol. The number of hydrogen-bond donors (Lipinski definition) is 0. The van der Waals surface area contributed by atoms with Gasteiger partial charge in [-0.05, 0) is 106 Å². The van der Waals surface area contributed by atoms with Crippen molar-refractivity contribution in [2.24, 2.45) is 0 Å². The Balaban J connectivity index is 1.43. The van der Waals surface area contributed by atoms with Crippen molar-refractivity contribution in [1.82, 2.24) is 0 Å². The van der Waals surface area contributed by atoms with Gasteiger partial charge in [0.1, 0.15) is 17.2 Å². The minimum atomic E-state index is -0.0104. The second-order valence-corrected chi connectivity index (χ2v) is 19.9. The minimum absolute atomic E-state index is 0.00332. The third-order valence-electron chi connectivity index (χ3n) is 12.6. The van der Waals surface area contributed by atoms with Crippen LogP contribution in [-0.2, 0) is 10.8 Å². The molecule has 0 saturated heterocycles. The van der Waals surface area contributed by atoms with E-state index in [2.05, 4.69) is 249 Å². The van der Waals surface area contributed by atoms with Crippen molar-refractivity contribution >= 4 is 56.1 Å². The van der Waals surface area contributed by atoms with Crippen molar-refractivity contribution in [2.45, 2.75) is 91.9 Å². The number of benzene rings is 7. The van der Waals surface area contributed by atoms with E-state index in [0.29, 0.717) is 11.8 Å². The highest BCUT2D eigenvalue weighted by atomic mass is 16.4. The summed E-state index contributed by atoms with van der Waals surface area (Å²) >= 11 is 0. The van der Waals surface area contributed by atoms with E-state index in [9.17, 15) is 0 Å². The van der Waals surface area contributed by atoms with Crippen LogP contribution in [0.5, 0.6) is 0 Å². The summed E-state index contributed by atoms with van der Waals surface area (Å²) in [5, 5.41) is 1.95. The molecule has 0 aliphatic rings. The summed E-state index contributed by atoms with van der Waals surface area (Å²) in [4.78, 5) is 4.74. The Morgan fingerprint density at radius 3 is 1.00 bits per heavy atom. The van der Waals surface area contributed by atoms with Crippen LogP contribution in [-0.4, -0.2) is 0 Å². The number of hydrogen-bond acceptors (Lipinski definition) is 4. The number of fused-ring (bicyclic) bond motifs is 2. The molecule has 0 unspecified atom stereocenters. The van der Waals surface area contributed by atoms with Crippen molar-refractivity contribution in [1.29, 1.82) is 0 Å². The fraction of sp³-hybridized carbons (Fsp3) is 0.233. The Morgan fingerprint density at radius 2 is 0.688 bits per heavy atom. The van der Waals surface area contributed by atoms with E-state index in [-0.39, 0.29) is 10.8 Å². The molecular weight excluding hydrogens is 781 g/mol. The van der Waals surface area contributed by atoms with Gasteiger partial charge in [-0.15, -0.1) is 0 Å². The largest absolute Gasteiger partial charge is 0.454 e. The van der Waals surface area contributed by atoms with Crippen LogP contribution in [0.4, 0.5) is 34.1 Å². The molecule has 0 N–H and O–H groups in total. The van der Waals surface area contributed by atoms with E-state index in [1.165, 1.54) is 22.3 Å². The molecule has 322 valence electrons. The Labute approximate surface area is 379 Å². The average Bonchev–Trinajstić information content (AvgIpc) is 3.94. The van der Waals surface area contributed by atoms with Gasteiger partial charge in [0, 0.05) is 44.6 Å². The Hall–Kier alpha value is -6.78. The molecular formula is C60H60N2O2. The zero-order chi connectivity index (χ0) is 44.9. The third-order valence-corrected chi connectivity index (χ3v) is 12.6. The average molecular weight is 841 g/mol. The van der Waals surface area contributed by atoms with Gasteiger partial charge in [0.15, 0.2) is 11.2 Å². The first kappa shape index (κ1) is 42.5. The lowest BCUT2D eigenvalue weighted by molar-refractivity contribution is 0.590. The van der Waals surface area contributed by atoms with Gasteiger partial charge in [0.2, 0.25) is 0 Å². The Bertz CT molecular complexity index is 2750. The highest BCUT2D eigenvalue weighted by molar-refractivity contribution is 6.21. The van der Waals surface area contributed by atoms with Crippen LogP contribution in [0, 0.1) is 0 Å². The van der Waals surface area contributed by atoms with Crippen LogP contribution in [0.1, 0.15) is 103 Å². The van der Waals surface area contributed by atoms with Gasteiger partial charge < -0.3 is 18.6 Å². The molecule has 0 bridgehead atoms. The van der Waals surface area contributed by atoms with Crippen molar-refractivity contribution in [3.05, 3.63) is 192 Å². The van der Waals surface area contributed by atoms with Gasteiger partial charge in [0.05, 0.1) is 5.69 Å². The van der Waals surface area contributed by atoms with E-state index < -0.39 is 0 Å². The lowest BCUT2D eigenvalue weighted by Gasteiger charge is -2.30. The van der Waals surface area contributed by atoms with Gasteiger partial charge in [-0.25, -0.2) is 0 Å². The second-order valence-electron chi connectivity index (χ2n) is 19.9. The highest BCUT2D eigenvalue weighted by Crippen LogP contribution is 2.54. The minimum Gasteiger partial charge on any atom is -0.454 e. The standard InChI is InChI=1S/C60H60N2O2/c1-39(2)41-21-29-47(30-22-41)61(49-33-25-45(26-34-49)59(5,6)7)55-51-37-53(43-17-13-11-14-18-43)63-57(51)56(58-52(55)38-54(64-58)44-19-15-12-16-20-44)62(48-31-23-42(24-32-48)40(3)4)50-35-27-46(28-36-50)60(8,9)10/h11-40H,1-10H3. The molecule has 4 heteroatoms. The summed E-state index contributed by atoms with van der Waals surface area (Å²) in [5.41, 5.74) is 14.5. The second kappa shape index (κ2) is 16.7. The molecule has 2 aromatic heterocycles. The Kier molecular flexibility index (Phi) is 11.1. The molecule has 0 radical (unpaired) electrons. The molecule has 0 saturated carbocycles. The van der Waals surface area contributed by atoms with Crippen LogP contribution in [0.2, 0.25) is 0 Å². The van der Waals surface area contributed by atoms with Crippen molar-refractivity contribution in [3.8, 4) is 22.6 Å². The molecule has 0 aliphatic heterocycles. The lowest BCUT2D eigenvalue weighted by Crippen LogP contribution is -2.15. The Morgan fingerprint density at radius 1 is 0.375 bits per heavy atom. The summed E-state index contributed by atoms with van der Waals surface area (Å²) in [7, 11) is 0. The maximum atomic E-state index is 7.32. The first-order valence-electron chi connectivity index (χ1n) is 22.8. The van der Waals surface area contributed by atoms with Crippen LogP contribution >= 0.6 is 0 Å². The molecule has 0 fully saturated rings. The maximum absolute atomic E-state index is 7.32. The van der Waals surface area contributed by atoms with Crippen LogP contribution < -0.4 is 9.80 Å². The quantitative estimate of drug-likeness (QED) is 0.128. The van der Waals surface area contributed by atoms with Gasteiger partial charge in [0.25, 0.3) is 0 Å². The predicted octanol–water partition coefficient (Wildman–Crippen LogP) is 18.3. The molecule has 7 aromatic carbocycles. The van der Waals surface area contributed by atoms with E-state index >= 15 is 0 Å². The molecule has 0 atom stereocenters. The maximum Gasteiger partial charge on any atom is 0.164 e. The summed E-state index contributed by atoms with van der Waals surface area (Å²) in [6, 6.07) is 61.4. The van der Waals surface area contributed by atoms with Gasteiger partial charge >= 0.3 is 0 Å². The zero-order valence-electron chi connectivity index (χ0n) is 39.0. The molecule has 9 rings (SSSR count). The predicted molar refractivity (Wildman–Crippen MR) is 272 cm³/mol. The molecule has 64 heavy (non-hydrogen) atoms. The first-order chi connectivity index (χ1) is 30.7. The number of anilines is 6. The number of rotatable bonds is 10. The summed E-state index contributed by atoms with van der Waals surface area (Å²) in [5.74, 6) is 2.35. The molecule has 9 aromatic rings. The summed E-state index contributed by atoms with van der Waals surface area (Å²) in [6.45, 7) is 22.6. The fourth-order valence-corrected chi connectivity index (χ4v) is 8.72. The highest BCUT2D eigenvalue weighted by Gasteiger charge is 2.32. The van der Waals surface area contributed by atoms with Crippen LogP contribution in [0.3, 0.4) is 0 Å². The van der Waals surface area contributed by atoms with E-state index in [4.69, 9.17) is 8.83 Å². The van der Waals surface area contributed by atoms with E-state index in [1.54, 1.807) is 0 Å². The lowest BCUT2D eigenvalue weighted by atomic mass is 9.87. The number of furan rings is 2. The van der Waals surface area contributed by atoms with Gasteiger partial charge in [-0.2, -0.15) is 0 Å². The van der Waals surface area contributed by atoms with Crippen molar-refractivity contribution in [2.75, 3.05) is 9.80 Å². The van der Waals surface area contributed by atoms with Gasteiger partial charge in [-0.3, -0.25) is 0 Å². The fourth-order valence-electron chi connectivity index (χ4n) is 8.72. The molecule has 0 amide bonds. The normalized spacial score (nSPS) is 12.2. The zero-order valence-corrected chi connectivity index (χ0v) is 39.0. The van der Waals surface area contributed by atoms with Crippen molar-refractivity contribution < 1.29 is 8.83 Å². The smallest absolute Gasteiger partial charge is 0.164 e. The SMILES string of the molecule is CC(C)c1ccc(N(c2ccc(C(C)(C)C)cc2)c2c3cc(-c4ccccc4)oc3c(N(c3ccc(C(C)C)cc3)c3ccc(C(C)(C)C)cc3)c3oc(-c4ccccc4)cc23)cc1. The molecule has 0 aliphatic carbocycles. The third kappa shape index (κ3) is 8.14. The van der Waals surface area contributed by atoms with E-state index in [0.717, 1.165) is 78.7 Å². The summed E-state index contributed by atoms with van der Waals surface area (Å²) < 4.78 is 14.6. The molecule has 0 spiro atoms. The first-order valence-corrected chi connectivity index (χ1v) is 22.8. The van der Waals surface area contributed by atoms with Gasteiger partial charge in [-0.1, -0.05) is 178 Å². The van der Waals surface area contributed by atoms with Crippen LogP contribution in [0.25, 0.3) is 44.6 Å². The van der Waals surface area contributed by atoms with E-state index in [1.807, 2.05) is 0 Å². The van der Waals surface area contributed by atoms with Crippen LogP contribution in [0.15, 0.2) is 179 Å². The molecule has 4 nitrogen and oxygen atoms in total. The summed E-state index contributed by atoms with van der Waals surface area (Å²) in [6.07, 6.45) is 0. The van der Waals surface area contributed by atoms with Crippen molar-refractivity contribution in [3.63, 3.8) is 0 Å². The number of nitrogens with zero attached hydrogens (tertiary/aromatic N) is 2. The topological polar surface area (TPSA) is 32.8 Å². The molecule has 2 heterocycles.